The van der Waals surface area contributed by atoms with Gasteiger partial charge in [0.1, 0.15) is 13.2 Å². The highest BCUT2D eigenvalue weighted by molar-refractivity contribution is 7.47. The zero-order valence-corrected chi connectivity index (χ0v) is 43.3. The number of phosphoric acid groups is 1. The minimum atomic E-state index is -4.31. The standard InChI is InChI=1S/C53H109N2O6P/c1-6-8-10-12-14-16-18-20-21-22-23-24-25-26-27-28-29-30-31-32-33-35-37-39-41-43-45-47-53(57)54-51(50-61-62(58,59)60-49-48-55(3,4)5)52(56)46-44-42-40-38-36-34-19-17-15-13-11-9-7-2/h51-52,56H,6-50H2,1-5H3,(H-,54,57,58,59)/p+1/t51-,52+/m0/s1. The van der Waals surface area contributed by atoms with Gasteiger partial charge in [0.2, 0.25) is 5.91 Å². The molecule has 3 atom stereocenters. The van der Waals surface area contributed by atoms with E-state index in [1.165, 1.54) is 218 Å². The van der Waals surface area contributed by atoms with Crippen LogP contribution in [-0.2, 0) is 18.4 Å². The molecule has 372 valence electrons. The molecule has 1 unspecified atom stereocenters. The zero-order valence-electron chi connectivity index (χ0n) is 42.4. The van der Waals surface area contributed by atoms with Crippen molar-refractivity contribution in [2.75, 3.05) is 40.9 Å². The van der Waals surface area contributed by atoms with E-state index < -0.39 is 20.0 Å². The first-order valence-corrected chi connectivity index (χ1v) is 28.9. The lowest BCUT2D eigenvalue weighted by atomic mass is 10.0. The minimum Gasteiger partial charge on any atom is -0.391 e. The van der Waals surface area contributed by atoms with Gasteiger partial charge >= 0.3 is 7.82 Å². The smallest absolute Gasteiger partial charge is 0.391 e. The third-order valence-electron chi connectivity index (χ3n) is 12.9. The summed E-state index contributed by atoms with van der Waals surface area (Å²) in [7, 11) is 1.63. The van der Waals surface area contributed by atoms with Gasteiger partial charge in [0.25, 0.3) is 0 Å². The molecule has 3 N–H and O–H groups in total. The molecule has 0 aromatic heterocycles. The molecule has 0 rings (SSSR count). The summed E-state index contributed by atoms with van der Waals surface area (Å²) in [6.45, 7) is 4.93. The second-order valence-corrected chi connectivity index (χ2v) is 21.8. The third-order valence-corrected chi connectivity index (χ3v) is 13.8. The summed E-state index contributed by atoms with van der Waals surface area (Å²) in [4.78, 5) is 23.3. The number of hydrogen-bond acceptors (Lipinski definition) is 5. The van der Waals surface area contributed by atoms with Crippen LogP contribution in [0.2, 0.25) is 0 Å². The molecule has 0 aromatic rings. The molecular formula is C53H110N2O6P+. The van der Waals surface area contributed by atoms with Gasteiger partial charge in [0.15, 0.2) is 0 Å². The normalized spacial score (nSPS) is 14.0. The largest absolute Gasteiger partial charge is 0.472 e. The summed E-state index contributed by atoms with van der Waals surface area (Å²) in [5, 5.41) is 14.0. The van der Waals surface area contributed by atoms with Gasteiger partial charge in [0.05, 0.1) is 39.9 Å². The number of unbranched alkanes of at least 4 members (excludes halogenated alkanes) is 38. The lowest BCUT2D eigenvalue weighted by Gasteiger charge is -2.26. The minimum absolute atomic E-state index is 0.0788. The summed E-state index contributed by atoms with van der Waals surface area (Å²) in [5.74, 6) is -0.138. The Morgan fingerprint density at radius 1 is 0.484 bits per heavy atom. The Balaban J connectivity index is 4.04. The number of hydrogen-bond donors (Lipinski definition) is 3. The topological polar surface area (TPSA) is 105 Å². The number of aliphatic hydroxyl groups excluding tert-OH is 1. The molecule has 0 aromatic carbocycles. The molecule has 0 radical (unpaired) electrons. The average molecular weight is 902 g/mol. The SMILES string of the molecule is CCCCCCCCCCCCCCCCCCCCCCCCCCCCCC(=O)N[C@@H](COP(=O)(O)OCC[N+](C)(C)C)[C@H](O)CCCCCCCCCCCCCCC. The van der Waals surface area contributed by atoms with E-state index in [4.69, 9.17) is 9.05 Å². The van der Waals surface area contributed by atoms with E-state index in [2.05, 4.69) is 19.2 Å². The number of rotatable bonds is 51. The number of quaternary nitrogens is 1. The van der Waals surface area contributed by atoms with Crippen LogP contribution in [0.25, 0.3) is 0 Å². The number of nitrogens with zero attached hydrogens (tertiary/aromatic N) is 1. The first-order chi connectivity index (χ1) is 30.0. The monoisotopic (exact) mass is 902 g/mol. The summed E-state index contributed by atoms with van der Waals surface area (Å²) in [5.41, 5.74) is 0. The van der Waals surface area contributed by atoms with Crippen molar-refractivity contribution in [3.05, 3.63) is 0 Å². The fraction of sp³-hybridized carbons (Fsp3) is 0.981. The predicted molar refractivity (Wildman–Crippen MR) is 268 cm³/mol. The number of carbonyl (C=O) groups is 1. The van der Waals surface area contributed by atoms with E-state index in [0.29, 0.717) is 23.9 Å². The Labute approximate surface area is 387 Å². The Morgan fingerprint density at radius 3 is 1.08 bits per heavy atom. The quantitative estimate of drug-likeness (QED) is 0.0319. The van der Waals surface area contributed by atoms with Crippen LogP contribution in [-0.4, -0.2) is 73.4 Å². The summed E-state index contributed by atoms with van der Waals surface area (Å²) < 4.78 is 23.7. The maximum atomic E-state index is 13.0. The fourth-order valence-corrected chi connectivity index (χ4v) is 9.26. The van der Waals surface area contributed by atoms with Crippen molar-refractivity contribution in [3.8, 4) is 0 Å². The zero-order chi connectivity index (χ0) is 45.7. The Kier molecular flexibility index (Phi) is 45.3. The maximum Gasteiger partial charge on any atom is 0.472 e. The summed E-state index contributed by atoms with van der Waals surface area (Å²) >= 11 is 0. The van der Waals surface area contributed by atoms with Crippen molar-refractivity contribution in [2.45, 2.75) is 296 Å². The van der Waals surface area contributed by atoms with Gasteiger partial charge in [-0.15, -0.1) is 0 Å². The number of aliphatic hydroxyl groups is 1. The molecule has 0 saturated heterocycles. The van der Waals surface area contributed by atoms with Gasteiger partial charge in [-0.2, -0.15) is 0 Å². The van der Waals surface area contributed by atoms with Crippen LogP contribution in [0, 0.1) is 0 Å². The van der Waals surface area contributed by atoms with Crippen molar-refractivity contribution in [1.29, 1.82) is 0 Å². The molecule has 1 amide bonds. The van der Waals surface area contributed by atoms with Crippen LogP contribution in [0.1, 0.15) is 284 Å². The van der Waals surface area contributed by atoms with E-state index in [1.54, 1.807) is 0 Å². The molecule has 62 heavy (non-hydrogen) atoms. The lowest BCUT2D eigenvalue weighted by Crippen LogP contribution is -2.46. The maximum absolute atomic E-state index is 13.0. The Hall–Kier alpha value is -0.500. The highest BCUT2D eigenvalue weighted by atomic mass is 31.2. The van der Waals surface area contributed by atoms with Gasteiger partial charge in [-0.05, 0) is 12.8 Å². The molecule has 0 bridgehead atoms. The van der Waals surface area contributed by atoms with Crippen molar-refractivity contribution >= 4 is 13.7 Å². The van der Waals surface area contributed by atoms with Crippen LogP contribution in [0.3, 0.4) is 0 Å². The number of carbonyl (C=O) groups excluding carboxylic acids is 1. The highest BCUT2D eigenvalue weighted by Gasteiger charge is 2.28. The molecule has 0 fully saturated rings. The van der Waals surface area contributed by atoms with Gasteiger partial charge in [-0.25, -0.2) is 4.57 Å². The molecule has 0 aliphatic carbocycles. The number of nitrogens with one attached hydrogen (secondary N) is 1. The van der Waals surface area contributed by atoms with E-state index in [0.717, 1.165) is 38.5 Å². The first kappa shape index (κ1) is 61.5. The predicted octanol–water partition coefficient (Wildman–Crippen LogP) is 16.1. The van der Waals surface area contributed by atoms with Crippen LogP contribution in [0.4, 0.5) is 0 Å². The van der Waals surface area contributed by atoms with Gasteiger partial charge in [0, 0.05) is 6.42 Å². The van der Waals surface area contributed by atoms with E-state index >= 15 is 0 Å². The number of amides is 1. The van der Waals surface area contributed by atoms with Crippen LogP contribution in [0.5, 0.6) is 0 Å². The van der Waals surface area contributed by atoms with Gasteiger partial charge in [-0.3, -0.25) is 13.8 Å². The van der Waals surface area contributed by atoms with Crippen molar-refractivity contribution in [3.63, 3.8) is 0 Å². The number of phosphoric ester groups is 1. The molecule has 0 saturated carbocycles. The lowest BCUT2D eigenvalue weighted by molar-refractivity contribution is -0.870. The van der Waals surface area contributed by atoms with Crippen molar-refractivity contribution < 1.29 is 32.9 Å². The van der Waals surface area contributed by atoms with E-state index in [1.807, 2.05) is 21.1 Å². The Morgan fingerprint density at radius 2 is 0.774 bits per heavy atom. The average Bonchev–Trinajstić information content (AvgIpc) is 3.23. The van der Waals surface area contributed by atoms with Gasteiger partial charge in [-0.1, -0.05) is 264 Å². The first-order valence-electron chi connectivity index (χ1n) is 27.4. The number of likely N-dealkylation sites (N-methyl/N-ethyl adjacent to an activating group) is 1. The molecular weight excluding hydrogens is 792 g/mol. The third kappa shape index (κ3) is 47.5. The van der Waals surface area contributed by atoms with E-state index in [-0.39, 0.29) is 19.1 Å². The molecule has 0 heterocycles. The second kappa shape index (κ2) is 45.6. The van der Waals surface area contributed by atoms with Crippen LogP contribution in [0.15, 0.2) is 0 Å². The van der Waals surface area contributed by atoms with Crippen molar-refractivity contribution in [1.82, 2.24) is 5.32 Å². The fourth-order valence-electron chi connectivity index (χ4n) is 8.52. The molecule has 0 aliphatic rings. The molecule has 8 nitrogen and oxygen atoms in total. The summed E-state index contributed by atoms with van der Waals surface area (Å²) in [6, 6.07) is -0.753. The molecule has 0 aliphatic heterocycles. The van der Waals surface area contributed by atoms with Crippen molar-refractivity contribution in [2.24, 2.45) is 0 Å². The van der Waals surface area contributed by atoms with E-state index in [9.17, 15) is 19.4 Å². The molecule has 0 spiro atoms. The highest BCUT2D eigenvalue weighted by Crippen LogP contribution is 2.43. The van der Waals surface area contributed by atoms with Crippen LogP contribution < -0.4 is 5.32 Å². The summed E-state index contributed by atoms with van der Waals surface area (Å²) in [6.07, 6.45) is 53.0. The molecule has 9 heteroatoms. The second-order valence-electron chi connectivity index (χ2n) is 20.3. The van der Waals surface area contributed by atoms with Crippen LogP contribution >= 0.6 is 7.82 Å². The Bertz CT molecular complexity index is 978. The van der Waals surface area contributed by atoms with Gasteiger partial charge < -0.3 is 19.8 Å².